The summed E-state index contributed by atoms with van der Waals surface area (Å²) in [6.45, 7) is 1.04. The summed E-state index contributed by atoms with van der Waals surface area (Å²) in [5.74, 6) is -2.07. The van der Waals surface area contributed by atoms with Gasteiger partial charge in [0.05, 0.1) is 17.0 Å². The summed E-state index contributed by atoms with van der Waals surface area (Å²) >= 11 is 1.26. The third-order valence-corrected chi connectivity index (χ3v) is 5.38. The van der Waals surface area contributed by atoms with Gasteiger partial charge in [-0.05, 0) is 36.8 Å². The van der Waals surface area contributed by atoms with Crippen molar-refractivity contribution in [2.24, 2.45) is 7.05 Å². The van der Waals surface area contributed by atoms with E-state index >= 15 is 0 Å². The van der Waals surface area contributed by atoms with E-state index in [1.807, 2.05) is 7.05 Å². The lowest BCUT2D eigenvalue weighted by atomic mass is 10.2. The van der Waals surface area contributed by atoms with E-state index in [4.69, 9.17) is 4.74 Å². The van der Waals surface area contributed by atoms with Crippen LogP contribution in [-0.2, 0) is 21.4 Å². The maximum atomic E-state index is 13.6. The number of hydrogen-bond acceptors (Lipinski definition) is 6. The number of hydrogen-bond donors (Lipinski definition) is 2. The molecular weight excluding hydrogens is 435 g/mol. The van der Waals surface area contributed by atoms with Gasteiger partial charge in [-0.3, -0.25) is 9.59 Å². The van der Waals surface area contributed by atoms with Gasteiger partial charge in [-0.1, -0.05) is 30.0 Å². The highest BCUT2D eigenvalue weighted by atomic mass is 32.2. The van der Waals surface area contributed by atoms with E-state index in [2.05, 4.69) is 15.6 Å². The zero-order valence-electron chi connectivity index (χ0n) is 17.4. The van der Waals surface area contributed by atoms with Gasteiger partial charge in [-0.2, -0.15) is 0 Å². The zero-order valence-corrected chi connectivity index (χ0v) is 18.2. The Morgan fingerprint density at radius 1 is 1.12 bits per heavy atom. The van der Waals surface area contributed by atoms with Gasteiger partial charge < -0.3 is 19.9 Å². The van der Waals surface area contributed by atoms with E-state index in [0.29, 0.717) is 10.7 Å². The number of thioether (sulfide) groups is 1. The average molecular weight is 456 g/mol. The van der Waals surface area contributed by atoms with Crippen LogP contribution in [0.15, 0.2) is 60.0 Å². The lowest BCUT2D eigenvalue weighted by molar-refractivity contribution is -0.119. The van der Waals surface area contributed by atoms with Crippen molar-refractivity contribution < 1.29 is 23.5 Å². The molecule has 0 fully saturated rings. The number of anilines is 2. The van der Waals surface area contributed by atoms with Crippen LogP contribution in [0.1, 0.15) is 15.9 Å². The Kier molecular flexibility index (Phi) is 7.61. The van der Waals surface area contributed by atoms with Gasteiger partial charge in [-0.25, -0.2) is 14.2 Å². The zero-order chi connectivity index (χ0) is 23.1. The monoisotopic (exact) mass is 456 g/mol. The number of esters is 1. The Bertz CT molecular complexity index is 1150. The van der Waals surface area contributed by atoms with Crippen LogP contribution in [0.25, 0.3) is 0 Å². The Labute approximate surface area is 188 Å². The number of halogens is 1. The van der Waals surface area contributed by atoms with Crippen LogP contribution in [0, 0.1) is 12.7 Å². The van der Waals surface area contributed by atoms with Crippen LogP contribution in [-0.4, -0.2) is 39.7 Å². The molecule has 0 spiro atoms. The maximum Gasteiger partial charge on any atom is 0.340 e. The summed E-state index contributed by atoms with van der Waals surface area (Å²) in [6.07, 6.45) is 3.41. The van der Waals surface area contributed by atoms with E-state index in [1.54, 1.807) is 48.1 Å². The number of nitrogens with one attached hydrogen (secondary N) is 2. The molecule has 1 heterocycles. The topological polar surface area (TPSA) is 102 Å². The largest absolute Gasteiger partial charge is 0.452 e. The molecule has 1 aromatic heterocycles. The Hall–Kier alpha value is -3.66. The summed E-state index contributed by atoms with van der Waals surface area (Å²) in [4.78, 5) is 40.9. The summed E-state index contributed by atoms with van der Waals surface area (Å²) < 4.78 is 20.4. The quantitative estimate of drug-likeness (QED) is 0.398. The number of nitrogens with zero attached hydrogens (tertiary/aromatic N) is 2. The molecule has 2 aromatic carbocycles. The Morgan fingerprint density at radius 3 is 2.62 bits per heavy atom. The van der Waals surface area contributed by atoms with Crippen LogP contribution in [0.5, 0.6) is 0 Å². The number of imidazole rings is 1. The fourth-order valence-electron chi connectivity index (χ4n) is 2.65. The maximum absolute atomic E-state index is 13.6. The van der Waals surface area contributed by atoms with Gasteiger partial charge in [-0.15, -0.1) is 0 Å². The van der Waals surface area contributed by atoms with Crippen molar-refractivity contribution in [1.29, 1.82) is 0 Å². The molecule has 0 aliphatic rings. The minimum absolute atomic E-state index is 0.101. The molecule has 0 unspecified atom stereocenters. The third kappa shape index (κ3) is 6.17. The molecular formula is C22H21FN4O4S. The number of carbonyl (C=O) groups is 3. The first-order chi connectivity index (χ1) is 15.3. The number of benzene rings is 2. The van der Waals surface area contributed by atoms with E-state index in [9.17, 15) is 18.8 Å². The lowest BCUT2D eigenvalue weighted by Crippen LogP contribution is -2.22. The third-order valence-electron chi connectivity index (χ3n) is 4.32. The first kappa shape index (κ1) is 23.0. The predicted octanol–water partition coefficient (Wildman–Crippen LogP) is 3.39. The Morgan fingerprint density at radius 2 is 1.91 bits per heavy atom. The van der Waals surface area contributed by atoms with Crippen molar-refractivity contribution in [3.63, 3.8) is 0 Å². The van der Waals surface area contributed by atoms with Gasteiger partial charge >= 0.3 is 5.97 Å². The molecule has 0 atom stereocenters. The van der Waals surface area contributed by atoms with Gasteiger partial charge in [0.2, 0.25) is 5.91 Å². The average Bonchev–Trinajstić information content (AvgIpc) is 3.18. The van der Waals surface area contributed by atoms with Crippen LogP contribution < -0.4 is 10.6 Å². The number of carbonyl (C=O) groups excluding carboxylic acids is 3. The minimum Gasteiger partial charge on any atom is -0.452 e. The molecule has 32 heavy (non-hydrogen) atoms. The van der Waals surface area contributed by atoms with Crippen molar-refractivity contribution in [3.05, 3.63) is 71.8 Å². The molecule has 2 N–H and O–H groups in total. The number of para-hydroxylation sites is 1. The first-order valence-corrected chi connectivity index (χ1v) is 10.5. The van der Waals surface area contributed by atoms with Crippen LogP contribution in [0.2, 0.25) is 0 Å². The fourth-order valence-corrected chi connectivity index (χ4v) is 3.39. The summed E-state index contributed by atoms with van der Waals surface area (Å²) in [6, 6.07) is 10.6. The van der Waals surface area contributed by atoms with E-state index < -0.39 is 24.3 Å². The molecule has 8 nitrogen and oxygen atoms in total. The van der Waals surface area contributed by atoms with Gasteiger partial charge in [0.15, 0.2) is 11.8 Å². The molecule has 0 saturated carbocycles. The molecule has 0 aliphatic heterocycles. The molecule has 0 bridgehead atoms. The van der Waals surface area contributed by atoms with Gasteiger partial charge in [0.25, 0.3) is 5.91 Å². The second kappa shape index (κ2) is 10.6. The lowest BCUT2D eigenvalue weighted by Gasteiger charge is -2.11. The van der Waals surface area contributed by atoms with Crippen molar-refractivity contribution >= 4 is 40.9 Å². The highest BCUT2D eigenvalue weighted by Gasteiger charge is 2.16. The molecule has 2 amide bonds. The van der Waals surface area contributed by atoms with E-state index in [1.165, 1.54) is 30.0 Å². The van der Waals surface area contributed by atoms with Crippen molar-refractivity contribution in [2.75, 3.05) is 23.0 Å². The normalized spacial score (nSPS) is 10.5. The van der Waals surface area contributed by atoms with Crippen LogP contribution in [0.3, 0.4) is 0 Å². The number of amides is 2. The second-order valence-electron chi connectivity index (χ2n) is 6.79. The summed E-state index contributed by atoms with van der Waals surface area (Å²) in [5.41, 5.74) is 1.08. The Balaban J connectivity index is 1.55. The molecule has 0 saturated heterocycles. The minimum atomic E-state index is -0.775. The van der Waals surface area contributed by atoms with Crippen molar-refractivity contribution in [1.82, 2.24) is 9.55 Å². The standard InChI is InChI=1S/C22H21FN4O4S/c1-14-7-8-15(11-17(14)23)25-19(28)12-31-21(30)16-5-3-4-6-18(16)26-20(29)13-32-22-24-9-10-27(22)2/h3-11H,12-13H2,1-2H3,(H,25,28)(H,26,29). The SMILES string of the molecule is Cc1ccc(NC(=O)COC(=O)c2ccccc2NC(=O)CSc2nccn2C)cc1F. The van der Waals surface area contributed by atoms with Gasteiger partial charge in [0.1, 0.15) is 5.82 Å². The molecule has 166 valence electrons. The second-order valence-corrected chi connectivity index (χ2v) is 7.73. The predicted molar refractivity (Wildman–Crippen MR) is 119 cm³/mol. The molecule has 0 radical (unpaired) electrons. The van der Waals surface area contributed by atoms with E-state index in [0.717, 1.165) is 0 Å². The van der Waals surface area contributed by atoms with E-state index in [-0.39, 0.29) is 28.6 Å². The molecule has 0 aliphatic carbocycles. The van der Waals surface area contributed by atoms with Crippen molar-refractivity contribution in [3.8, 4) is 0 Å². The molecule has 3 aromatic rings. The smallest absolute Gasteiger partial charge is 0.340 e. The van der Waals surface area contributed by atoms with Crippen molar-refractivity contribution in [2.45, 2.75) is 12.1 Å². The highest BCUT2D eigenvalue weighted by Crippen LogP contribution is 2.19. The number of aromatic nitrogens is 2. The number of ether oxygens (including phenoxy) is 1. The summed E-state index contributed by atoms with van der Waals surface area (Å²) in [5, 5.41) is 5.82. The van der Waals surface area contributed by atoms with Crippen LogP contribution >= 0.6 is 11.8 Å². The van der Waals surface area contributed by atoms with Gasteiger partial charge in [0, 0.05) is 25.1 Å². The number of rotatable bonds is 8. The highest BCUT2D eigenvalue weighted by molar-refractivity contribution is 7.99. The van der Waals surface area contributed by atoms with Crippen LogP contribution in [0.4, 0.5) is 15.8 Å². The molecule has 3 rings (SSSR count). The molecule has 10 heteroatoms. The number of aryl methyl sites for hydroxylation is 2. The first-order valence-electron chi connectivity index (χ1n) is 9.55. The summed E-state index contributed by atoms with van der Waals surface area (Å²) in [7, 11) is 1.82. The fraction of sp³-hybridized carbons (Fsp3) is 0.182.